The van der Waals surface area contributed by atoms with E-state index in [4.69, 9.17) is 47.4 Å². The molecular weight excluding hydrogens is 865 g/mol. The molecule has 380 valence electrons. The molecule has 7 rings (SSSR count). The molecule has 0 amide bonds. The largest absolute Gasteiger partial charge is 0.462 e. The third kappa shape index (κ3) is 9.14. The van der Waals surface area contributed by atoms with Crippen LogP contribution in [0.5, 0.6) is 0 Å². The van der Waals surface area contributed by atoms with Crippen molar-refractivity contribution in [3.63, 3.8) is 0 Å². The summed E-state index contributed by atoms with van der Waals surface area (Å²) in [4.78, 5) is 25.7. The Morgan fingerprint density at radius 2 is 1.38 bits per heavy atom. The molecule has 7 aliphatic rings. The lowest BCUT2D eigenvalue weighted by Crippen LogP contribution is -2.72. The standard InChI is InChI=1S/C48H80O18/c1-11-23(2)43(54)61-26(5)47(55)16-17-48(56)30-13-12-28-18-29(14-15-45(28,7)31(30)19-35(46(47,48)8)62-27(6)50)63-36-20-32(57-9)41(24(3)59-36)65-37-21-33(58-10)42(25(4)60-37)66-44-40(53)39(52)38(51)34(22-49)64-44/h23-26,28-42,44,49,51-53,55-56H,11-22H2,1-10H3. The van der Waals surface area contributed by atoms with E-state index in [9.17, 15) is 40.2 Å². The van der Waals surface area contributed by atoms with Gasteiger partial charge in [0.1, 0.15) is 54.4 Å². The van der Waals surface area contributed by atoms with E-state index >= 15 is 0 Å². The van der Waals surface area contributed by atoms with Gasteiger partial charge in [-0.05, 0) is 102 Å². The van der Waals surface area contributed by atoms with Gasteiger partial charge >= 0.3 is 11.9 Å². The van der Waals surface area contributed by atoms with Gasteiger partial charge in [0, 0.05) is 34.0 Å². The summed E-state index contributed by atoms with van der Waals surface area (Å²) < 4.78 is 61.5. The fourth-order valence-electron chi connectivity index (χ4n) is 13.7. The zero-order valence-corrected chi connectivity index (χ0v) is 40.6. The van der Waals surface area contributed by atoms with Crippen molar-refractivity contribution in [2.75, 3.05) is 20.8 Å². The highest BCUT2D eigenvalue weighted by Crippen LogP contribution is 2.71. The molecule has 7 fully saturated rings. The van der Waals surface area contributed by atoms with Crippen molar-refractivity contribution in [3.05, 3.63) is 0 Å². The Morgan fingerprint density at radius 1 is 0.758 bits per heavy atom. The first-order valence-electron chi connectivity index (χ1n) is 24.6. The maximum absolute atomic E-state index is 13.0. The minimum absolute atomic E-state index is 0.0127. The molecule has 24 unspecified atom stereocenters. The Kier molecular flexibility index (Phi) is 16.0. The maximum Gasteiger partial charge on any atom is 0.309 e. The Morgan fingerprint density at radius 3 is 1.97 bits per heavy atom. The predicted octanol–water partition coefficient (Wildman–Crippen LogP) is 2.65. The molecule has 3 saturated heterocycles. The van der Waals surface area contributed by atoms with E-state index in [1.165, 1.54) is 14.0 Å². The van der Waals surface area contributed by atoms with Crippen LogP contribution in [0.3, 0.4) is 0 Å². The third-order valence-electron chi connectivity index (χ3n) is 18.0. The van der Waals surface area contributed by atoms with Crippen LogP contribution >= 0.6 is 0 Å². The van der Waals surface area contributed by atoms with Crippen LogP contribution in [0.15, 0.2) is 0 Å². The van der Waals surface area contributed by atoms with Crippen molar-refractivity contribution >= 4 is 11.9 Å². The number of hydrogen-bond acceptors (Lipinski definition) is 18. The van der Waals surface area contributed by atoms with Gasteiger partial charge in [-0.15, -0.1) is 0 Å². The fourth-order valence-corrected chi connectivity index (χ4v) is 13.7. The van der Waals surface area contributed by atoms with Crippen LogP contribution in [0.25, 0.3) is 0 Å². The molecule has 0 aromatic carbocycles. The summed E-state index contributed by atoms with van der Waals surface area (Å²) in [6, 6.07) is 0. The molecule has 0 aromatic heterocycles. The lowest BCUT2D eigenvalue weighted by atomic mass is 9.42. The van der Waals surface area contributed by atoms with Gasteiger partial charge in [0.2, 0.25) is 0 Å². The lowest BCUT2D eigenvalue weighted by Gasteiger charge is -2.66. The summed E-state index contributed by atoms with van der Waals surface area (Å²) in [6.07, 6.45) is -7.28. The highest BCUT2D eigenvalue weighted by Gasteiger charge is 2.77. The first-order chi connectivity index (χ1) is 31.1. The van der Waals surface area contributed by atoms with E-state index in [1.54, 1.807) is 27.9 Å². The monoisotopic (exact) mass is 945 g/mol. The first-order valence-corrected chi connectivity index (χ1v) is 24.6. The second-order valence-electron chi connectivity index (χ2n) is 21.3. The quantitative estimate of drug-likeness (QED) is 0.108. The summed E-state index contributed by atoms with van der Waals surface area (Å²) in [5, 5.41) is 66.4. The topological polar surface area (TPSA) is 248 Å². The number of rotatable bonds is 14. The molecule has 3 heterocycles. The molecule has 4 saturated carbocycles. The van der Waals surface area contributed by atoms with E-state index in [0.29, 0.717) is 25.7 Å². The summed E-state index contributed by atoms with van der Waals surface area (Å²) >= 11 is 0. The van der Waals surface area contributed by atoms with Gasteiger partial charge in [-0.3, -0.25) is 9.59 Å². The summed E-state index contributed by atoms with van der Waals surface area (Å²) in [5.41, 5.74) is -4.45. The molecule has 18 nitrogen and oxygen atoms in total. The van der Waals surface area contributed by atoms with Crippen LogP contribution < -0.4 is 0 Å². The van der Waals surface area contributed by atoms with Crippen molar-refractivity contribution in [2.45, 2.75) is 235 Å². The molecule has 0 bridgehead atoms. The summed E-state index contributed by atoms with van der Waals surface area (Å²) in [7, 11) is 3.15. The van der Waals surface area contributed by atoms with Gasteiger partial charge < -0.3 is 78.0 Å². The summed E-state index contributed by atoms with van der Waals surface area (Å²) in [5.74, 6) is -1.09. The molecular formula is C48H80O18. The van der Waals surface area contributed by atoms with Crippen molar-refractivity contribution in [1.82, 2.24) is 0 Å². The molecule has 18 heteroatoms. The summed E-state index contributed by atoms with van der Waals surface area (Å²) in [6.45, 7) is 14.0. The minimum atomic E-state index is -1.62. The van der Waals surface area contributed by atoms with Crippen LogP contribution in [0.1, 0.15) is 126 Å². The first kappa shape index (κ1) is 52.2. The lowest BCUT2D eigenvalue weighted by molar-refractivity contribution is -0.353. The van der Waals surface area contributed by atoms with E-state index in [0.717, 1.165) is 32.1 Å². The maximum atomic E-state index is 13.0. The van der Waals surface area contributed by atoms with Crippen molar-refractivity contribution in [1.29, 1.82) is 0 Å². The normalized spacial score (nSPS) is 50.3. The second kappa shape index (κ2) is 20.2. The number of aliphatic hydroxyl groups excluding tert-OH is 4. The molecule has 66 heavy (non-hydrogen) atoms. The molecule has 4 aliphatic carbocycles. The average Bonchev–Trinajstić information content (AvgIpc) is 3.51. The van der Waals surface area contributed by atoms with Gasteiger partial charge in [-0.1, -0.05) is 27.7 Å². The van der Waals surface area contributed by atoms with E-state index < -0.39 is 127 Å². The molecule has 3 aliphatic heterocycles. The second-order valence-corrected chi connectivity index (χ2v) is 21.3. The van der Waals surface area contributed by atoms with E-state index in [-0.39, 0.29) is 48.0 Å². The van der Waals surface area contributed by atoms with Gasteiger partial charge in [0.05, 0.1) is 54.1 Å². The molecule has 6 N–H and O–H groups in total. The molecule has 24 atom stereocenters. The Balaban J connectivity index is 0.971. The number of hydrogen-bond donors (Lipinski definition) is 6. The molecule has 0 spiro atoms. The molecule has 0 radical (unpaired) electrons. The van der Waals surface area contributed by atoms with Crippen LogP contribution in [0, 0.1) is 34.5 Å². The third-order valence-corrected chi connectivity index (χ3v) is 18.0. The van der Waals surface area contributed by atoms with Crippen molar-refractivity contribution in [3.8, 4) is 0 Å². The molecule has 0 aromatic rings. The van der Waals surface area contributed by atoms with Gasteiger partial charge in [-0.25, -0.2) is 0 Å². The van der Waals surface area contributed by atoms with E-state index in [2.05, 4.69) is 6.92 Å². The van der Waals surface area contributed by atoms with Crippen LogP contribution in [0.4, 0.5) is 0 Å². The van der Waals surface area contributed by atoms with Crippen LogP contribution in [0.2, 0.25) is 0 Å². The highest BCUT2D eigenvalue weighted by atomic mass is 16.8. The number of ether oxygens (including phenoxy) is 10. The zero-order chi connectivity index (χ0) is 48.3. The van der Waals surface area contributed by atoms with Crippen LogP contribution in [-0.4, -0.2) is 173 Å². The van der Waals surface area contributed by atoms with Crippen molar-refractivity contribution in [2.24, 2.45) is 34.5 Å². The fraction of sp³-hybridized carbons (Fsp3) is 0.958. The minimum Gasteiger partial charge on any atom is -0.462 e. The van der Waals surface area contributed by atoms with Gasteiger partial charge in [-0.2, -0.15) is 0 Å². The van der Waals surface area contributed by atoms with Gasteiger partial charge in [0.25, 0.3) is 0 Å². The SMILES string of the molecule is CCC(C)C(=O)OC(C)C1(O)CCC2(O)C3CCC4CC(OC5CC(OC)C(OC6CC(OC)C(OC7OC(CO)C(O)C(O)C7O)C(C)O6)C(C)O5)CCC4(C)C3CC(OC(C)=O)C12C. The zero-order valence-electron chi connectivity index (χ0n) is 40.6. The number of fused-ring (bicyclic) bond motifs is 5. The smallest absolute Gasteiger partial charge is 0.309 e. The Bertz CT molecular complexity index is 1670. The Labute approximate surface area is 389 Å². The number of esters is 2. The predicted molar refractivity (Wildman–Crippen MR) is 232 cm³/mol. The van der Waals surface area contributed by atoms with Crippen LogP contribution in [-0.2, 0) is 57.0 Å². The number of aliphatic hydroxyl groups is 6. The van der Waals surface area contributed by atoms with E-state index in [1.807, 2.05) is 20.8 Å². The van der Waals surface area contributed by atoms with Crippen molar-refractivity contribution < 1.29 is 87.6 Å². The average molecular weight is 945 g/mol. The highest BCUT2D eigenvalue weighted by molar-refractivity contribution is 5.72. The number of carbonyl (C=O) groups excluding carboxylic acids is 2. The Hall–Kier alpha value is -1.62. The van der Waals surface area contributed by atoms with Gasteiger partial charge in [0.15, 0.2) is 18.9 Å². The number of carbonyl (C=O) groups is 2. The number of methoxy groups -OCH3 is 2.